The average Bonchev–Trinajstić information content (AvgIpc) is 2.62. The van der Waals surface area contributed by atoms with Crippen LogP contribution in [0, 0.1) is 0 Å². The highest BCUT2D eigenvalue weighted by molar-refractivity contribution is 6.02. The van der Waals surface area contributed by atoms with E-state index in [2.05, 4.69) is 5.16 Å². The van der Waals surface area contributed by atoms with Crippen LogP contribution in [-0.2, 0) is 0 Å². The lowest BCUT2D eigenvalue weighted by Crippen LogP contribution is -2.12. The fraction of sp³-hybridized carbons (Fsp3) is 0. The fourth-order valence-electron chi connectivity index (χ4n) is 1.26. The summed E-state index contributed by atoms with van der Waals surface area (Å²) < 4.78 is 5.10. The van der Waals surface area contributed by atoms with Gasteiger partial charge >= 0.3 is 0 Å². The van der Waals surface area contributed by atoms with Crippen LogP contribution < -0.4 is 5.73 Å². The number of rotatable bonds is 1. The summed E-state index contributed by atoms with van der Waals surface area (Å²) >= 11 is 0. The van der Waals surface area contributed by atoms with Gasteiger partial charge in [0.15, 0.2) is 5.84 Å². The molecule has 0 aliphatic rings. The van der Waals surface area contributed by atoms with Crippen LogP contribution in [0.1, 0.15) is 5.56 Å². The van der Waals surface area contributed by atoms with Crippen molar-refractivity contribution in [2.24, 2.45) is 10.9 Å². The third-order valence-electron chi connectivity index (χ3n) is 1.95. The molecule has 0 aliphatic carbocycles. The van der Waals surface area contributed by atoms with Crippen LogP contribution in [0.4, 0.5) is 0 Å². The van der Waals surface area contributed by atoms with Crippen molar-refractivity contribution in [3.05, 3.63) is 30.0 Å². The molecule has 0 unspecified atom stereocenters. The summed E-state index contributed by atoms with van der Waals surface area (Å²) in [5, 5.41) is 21.5. The Morgan fingerprint density at radius 2 is 2.21 bits per heavy atom. The number of nitrogens with two attached hydrogens (primary N) is 1. The second-order valence-corrected chi connectivity index (χ2v) is 2.81. The lowest BCUT2D eigenvalue weighted by molar-refractivity contribution is 0.318. The zero-order chi connectivity index (χ0) is 10.1. The number of furan rings is 1. The molecule has 0 atom stereocenters. The van der Waals surface area contributed by atoms with Crippen molar-refractivity contribution in [1.29, 1.82) is 0 Å². The van der Waals surface area contributed by atoms with Gasteiger partial charge in [0.1, 0.15) is 11.3 Å². The summed E-state index contributed by atoms with van der Waals surface area (Å²) in [5.41, 5.74) is 6.17. The molecule has 0 spiro atoms. The number of benzene rings is 1. The van der Waals surface area contributed by atoms with Crippen molar-refractivity contribution in [3.63, 3.8) is 0 Å². The Hall–Kier alpha value is -2.17. The van der Waals surface area contributed by atoms with Crippen molar-refractivity contribution >= 4 is 16.8 Å². The SMILES string of the molecule is N/C(=N/O)c1cc2occc2cc1O. The maximum absolute atomic E-state index is 9.51. The Bertz CT molecular complexity index is 502. The fourth-order valence-corrected chi connectivity index (χ4v) is 1.26. The molecule has 2 rings (SSSR count). The van der Waals surface area contributed by atoms with E-state index in [1.54, 1.807) is 6.07 Å². The summed E-state index contributed by atoms with van der Waals surface area (Å²) in [5.74, 6) is -0.199. The van der Waals surface area contributed by atoms with E-state index < -0.39 is 0 Å². The standard InChI is InChI=1S/C9H8N2O3/c10-9(11-13)6-4-8-5(1-2-14-8)3-7(6)12/h1-4,12-13H,(H2,10,11). The predicted molar refractivity (Wildman–Crippen MR) is 50.4 cm³/mol. The summed E-state index contributed by atoms with van der Waals surface area (Å²) in [6, 6.07) is 4.72. The molecular formula is C9H8N2O3. The maximum Gasteiger partial charge on any atom is 0.173 e. The van der Waals surface area contributed by atoms with Crippen molar-refractivity contribution in [1.82, 2.24) is 0 Å². The first-order valence-corrected chi connectivity index (χ1v) is 3.90. The third-order valence-corrected chi connectivity index (χ3v) is 1.95. The minimum Gasteiger partial charge on any atom is -0.507 e. The van der Waals surface area contributed by atoms with Gasteiger partial charge in [-0.05, 0) is 18.2 Å². The second-order valence-electron chi connectivity index (χ2n) is 2.81. The van der Waals surface area contributed by atoms with Gasteiger partial charge < -0.3 is 20.5 Å². The van der Waals surface area contributed by atoms with Crippen molar-refractivity contribution in [2.45, 2.75) is 0 Å². The molecule has 1 heterocycles. The molecule has 5 heteroatoms. The number of fused-ring (bicyclic) bond motifs is 1. The molecule has 14 heavy (non-hydrogen) atoms. The Kier molecular flexibility index (Phi) is 1.78. The number of phenolic OH excluding ortho intramolecular Hbond substituents is 1. The van der Waals surface area contributed by atoms with Crippen LogP contribution in [-0.4, -0.2) is 16.1 Å². The van der Waals surface area contributed by atoms with Crippen LogP contribution in [0.25, 0.3) is 11.0 Å². The Labute approximate surface area is 79.1 Å². The normalized spacial score (nSPS) is 12.1. The molecule has 2 aromatic rings. The van der Waals surface area contributed by atoms with Crippen LogP contribution in [0.15, 0.2) is 34.0 Å². The Balaban J connectivity index is 2.71. The van der Waals surface area contributed by atoms with E-state index in [1.807, 2.05) is 0 Å². The first-order valence-electron chi connectivity index (χ1n) is 3.90. The van der Waals surface area contributed by atoms with Gasteiger partial charge in [-0.1, -0.05) is 5.16 Å². The van der Waals surface area contributed by atoms with E-state index in [9.17, 15) is 5.11 Å². The smallest absolute Gasteiger partial charge is 0.173 e. The number of hydrogen-bond acceptors (Lipinski definition) is 4. The number of oxime groups is 1. The first-order chi connectivity index (χ1) is 6.72. The molecule has 1 aromatic carbocycles. The zero-order valence-electron chi connectivity index (χ0n) is 7.14. The largest absolute Gasteiger partial charge is 0.507 e. The average molecular weight is 192 g/mol. The number of amidine groups is 1. The highest BCUT2D eigenvalue weighted by atomic mass is 16.4. The topological polar surface area (TPSA) is 92.0 Å². The molecule has 0 amide bonds. The summed E-state index contributed by atoms with van der Waals surface area (Å²) in [6.45, 7) is 0. The van der Waals surface area contributed by atoms with Crippen LogP contribution >= 0.6 is 0 Å². The minimum atomic E-state index is -0.152. The van der Waals surface area contributed by atoms with E-state index in [-0.39, 0.29) is 17.1 Å². The summed E-state index contributed by atoms with van der Waals surface area (Å²) in [6.07, 6.45) is 1.50. The van der Waals surface area contributed by atoms with Crippen molar-refractivity contribution < 1.29 is 14.7 Å². The molecule has 0 saturated carbocycles. The van der Waals surface area contributed by atoms with Gasteiger partial charge in [-0.15, -0.1) is 0 Å². The van der Waals surface area contributed by atoms with E-state index in [4.69, 9.17) is 15.4 Å². The highest BCUT2D eigenvalue weighted by Gasteiger charge is 2.09. The van der Waals surface area contributed by atoms with Gasteiger partial charge in [0.25, 0.3) is 0 Å². The van der Waals surface area contributed by atoms with Crippen LogP contribution in [0.3, 0.4) is 0 Å². The molecule has 0 aliphatic heterocycles. The molecule has 4 N–H and O–H groups in total. The number of hydrogen-bond donors (Lipinski definition) is 3. The van der Waals surface area contributed by atoms with Gasteiger partial charge in [0.05, 0.1) is 11.8 Å². The predicted octanol–water partition coefficient (Wildman–Crippen LogP) is 1.23. The van der Waals surface area contributed by atoms with E-state index in [0.29, 0.717) is 5.58 Å². The van der Waals surface area contributed by atoms with Crippen LogP contribution in [0.2, 0.25) is 0 Å². The quantitative estimate of drug-likeness (QED) is 0.274. The lowest BCUT2D eigenvalue weighted by atomic mass is 10.1. The number of nitrogens with zero attached hydrogens (tertiary/aromatic N) is 1. The molecule has 72 valence electrons. The molecule has 1 aromatic heterocycles. The zero-order valence-corrected chi connectivity index (χ0v) is 7.14. The third kappa shape index (κ3) is 1.15. The molecule has 0 saturated heterocycles. The van der Waals surface area contributed by atoms with Gasteiger partial charge in [-0.25, -0.2) is 0 Å². The van der Waals surface area contributed by atoms with Gasteiger partial charge in [0, 0.05) is 5.39 Å². The minimum absolute atomic E-state index is 0.0470. The van der Waals surface area contributed by atoms with E-state index in [1.165, 1.54) is 18.4 Å². The second kappa shape index (κ2) is 2.95. The molecule has 0 fully saturated rings. The highest BCUT2D eigenvalue weighted by Crippen LogP contribution is 2.25. The lowest BCUT2D eigenvalue weighted by Gasteiger charge is -2.01. The van der Waals surface area contributed by atoms with Crippen LogP contribution in [0.5, 0.6) is 5.75 Å². The van der Waals surface area contributed by atoms with Crippen molar-refractivity contribution in [3.8, 4) is 5.75 Å². The molecule has 0 bridgehead atoms. The number of aromatic hydroxyl groups is 1. The monoisotopic (exact) mass is 192 g/mol. The molecule has 0 radical (unpaired) electrons. The first kappa shape index (κ1) is 8.43. The Morgan fingerprint density at radius 1 is 1.43 bits per heavy atom. The summed E-state index contributed by atoms with van der Waals surface area (Å²) in [7, 11) is 0. The van der Waals surface area contributed by atoms with Gasteiger partial charge in [-0.3, -0.25) is 0 Å². The van der Waals surface area contributed by atoms with Crippen molar-refractivity contribution in [2.75, 3.05) is 0 Å². The molecular weight excluding hydrogens is 184 g/mol. The maximum atomic E-state index is 9.51. The van der Waals surface area contributed by atoms with Gasteiger partial charge in [0.2, 0.25) is 0 Å². The molecule has 5 nitrogen and oxygen atoms in total. The van der Waals surface area contributed by atoms with Gasteiger partial charge in [-0.2, -0.15) is 0 Å². The van der Waals surface area contributed by atoms with E-state index >= 15 is 0 Å². The number of phenols is 1. The van der Waals surface area contributed by atoms with E-state index in [0.717, 1.165) is 5.39 Å². The summed E-state index contributed by atoms with van der Waals surface area (Å²) in [4.78, 5) is 0. The Morgan fingerprint density at radius 3 is 2.93 bits per heavy atom.